The van der Waals surface area contributed by atoms with Gasteiger partial charge in [-0.1, -0.05) is 6.07 Å². The summed E-state index contributed by atoms with van der Waals surface area (Å²) in [6.07, 6.45) is 2.92. The highest BCUT2D eigenvalue weighted by Gasteiger charge is 2.21. The molecule has 1 fully saturated rings. The summed E-state index contributed by atoms with van der Waals surface area (Å²) in [6.45, 7) is 0. The Kier molecular flexibility index (Phi) is 3.98. The van der Waals surface area contributed by atoms with Crippen LogP contribution in [0.1, 0.15) is 25.7 Å². The lowest BCUT2D eigenvalue weighted by molar-refractivity contribution is 0.126. The number of nitrogen functional groups attached to an aromatic ring is 1. The number of sulfonamides is 1. The van der Waals surface area contributed by atoms with Gasteiger partial charge in [0, 0.05) is 6.04 Å². The molecule has 1 aliphatic rings. The summed E-state index contributed by atoms with van der Waals surface area (Å²) in [5.74, 6) is 0. The van der Waals surface area contributed by atoms with Crippen molar-refractivity contribution < 1.29 is 13.5 Å². The van der Waals surface area contributed by atoms with Crippen LogP contribution >= 0.6 is 0 Å². The molecule has 0 radical (unpaired) electrons. The maximum absolute atomic E-state index is 11.4. The van der Waals surface area contributed by atoms with Crippen LogP contribution in [-0.2, 0) is 10.0 Å². The third-order valence-electron chi connectivity index (χ3n) is 3.43. The number of aliphatic hydroxyl groups is 1. The second-order valence-corrected chi connectivity index (χ2v) is 6.44. The molecule has 0 unspecified atom stereocenters. The summed E-state index contributed by atoms with van der Waals surface area (Å²) in [7, 11) is -3.81. The molecule has 0 amide bonds. The van der Waals surface area contributed by atoms with Crippen molar-refractivity contribution in [2.75, 3.05) is 11.1 Å². The zero-order chi connectivity index (χ0) is 14.0. The molecule has 0 bridgehead atoms. The maximum atomic E-state index is 11.4. The summed E-state index contributed by atoms with van der Waals surface area (Å²) in [6, 6.07) is 4.92. The summed E-state index contributed by atoms with van der Waals surface area (Å²) in [5, 5.41) is 17.8. The average molecular weight is 285 g/mol. The van der Waals surface area contributed by atoms with Gasteiger partial charge in [-0.3, -0.25) is 0 Å². The van der Waals surface area contributed by atoms with E-state index in [1.54, 1.807) is 12.1 Å². The molecule has 2 rings (SSSR count). The molecule has 1 aromatic rings. The molecule has 0 atom stereocenters. The molecule has 0 saturated heterocycles. The Hall–Kier alpha value is -1.31. The number of aliphatic hydroxyl groups excluding tert-OH is 1. The van der Waals surface area contributed by atoms with Gasteiger partial charge in [0.25, 0.3) is 0 Å². The van der Waals surface area contributed by atoms with Crippen LogP contribution in [0.4, 0.5) is 11.4 Å². The lowest BCUT2D eigenvalue weighted by Crippen LogP contribution is -2.28. The van der Waals surface area contributed by atoms with Gasteiger partial charge in [0.05, 0.1) is 17.5 Å². The van der Waals surface area contributed by atoms with E-state index in [9.17, 15) is 13.5 Å². The number of benzene rings is 1. The molecule has 1 aliphatic carbocycles. The zero-order valence-electron chi connectivity index (χ0n) is 10.5. The Bertz CT molecular complexity index is 551. The fourth-order valence-electron chi connectivity index (χ4n) is 2.36. The number of hydrogen-bond donors (Lipinski definition) is 4. The Balaban J connectivity index is 2.17. The fraction of sp³-hybridized carbons (Fsp3) is 0.500. The molecule has 0 aromatic heterocycles. The summed E-state index contributed by atoms with van der Waals surface area (Å²) >= 11 is 0. The molecule has 1 aromatic carbocycles. The van der Waals surface area contributed by atoms with Gasteiger partial charge in [0.1, 0.15) is 4.90 Å². The van der Waals surface area contributed by atoms with Gasteiger partial charge < -0.3 is 16.2 Å². The van der Waals surface area contributed by atoms with Gasteiger partial charge in [-0.25, -0.2) is 13.6 Å². The second-order valence-electron chi connectivity index (χ2n) is 4.91. The third kappa shape index (κ3) is 3.37. The van der Waals surface area contributed by atoms with Crippen LogP contribution in [0, 0.1) is 0 Å². The van der Waals surface area contributed by atoms with Crippen molar-refractivity contribution in [1.82, 2.24) is 0 Å². The molecule has 6 nitrogen and oxygen atoms in total. The van der Waals surface area contributed by atoms with Crippen LogP contribution in [0.2, 0.25) is 0 Å². The predicted octanol–water partition coefficient (Wildman–Crippen LogP) is 0.632. The number of nitrogens with one attached hydrogen (secondary N) is 1. The lowest BCUT2D eigenvalue weighted by Gasteiger charge is -2.27. The van der Waals surface area contributed by atoms with Crippen molar-refractivity contribution in [1.29, 1.82) is 0 Å². The first kappa shape index (κ1) is 14.1. The molecule has 6 N–H and O–H groups in total. The van der Waals surface area contributed by atoms with E-state index in [0.29, 0.717) is 5.69 Å². The lowest BCUT2D eigenvalue weighted by atomic mass is 9.93. The number of anilines is 2. The molecular formula is C12H19N3O3S. The highest BCUT2D eigenvalue weighted by atomic mass is 32.2. The number of hydrogen-bond acceptors (Lipinski definition) is 5. The Morgan fingerprint density at radius 2 is 1.84 bits per heavy atom. The third-order valence-corrected chi connectivity index (χ3v) is 4.40. The van der Waals surface area contributed by atoms with Crippen molar-refractivity contribution in [2.24, 2.45) is 5.14 Å². The van der Waals surface area contributed by atoms with Crippen molar-refractivity contribution >= 4 is 21.4 Å². The van der Waals surface area contributed by atoms with Crippen molar-refractivity contribution in [3.05, 3.63) is 18.2 Å². The van der Waals surface area contributed by atoms with Gasteiger partial charge in [-0.05, 0) is 37.8 Å². The quantitative estimate of drug-likeness (QED) is 0.607. The minimum atomic E-state index is -3.81. The van der Waals surface area contributed by atoms with Crippen LogP contribution in [0.25, 0.3) is 0 Å². The molecule has 7 heteroatoms. The van der Waals surface area contributed by atoms with Gasteiger partial charge in [0.15, 0.2) is 0 Å². The topological polar surface area (TPSA) is 118 Å². The Morgan fingerprint density at radius 1 is 1.21 bits per heavy atom. The number of para-hydroxylation sites is 1. The monoisotopic (exact) mass is 285 g/mol. The maximum Gasteiger partial charge on any atom is 0.240 e. The molecule has 19 heavy (non-hydrogen) atoms. The van der Waals surface area contributed by atoms with Crippen LogP contribution in [0.15, 0.2) is 23.1 Å². The summed E-state index contributed by atoms with van der Waals surface area (Å²) < 4.78 is 22.8. The van der Waals surface area contributed by atoms with E-state index in [4.69, 9.17) is 10.9 Å². The molecule has 0 spiro atoms. The molecule has 1 saturated carbocycles. The van der Waals surface area contributed by atoms with Gasteiger partial charge in [0.2, 0.25) is 10.0 Å². The first-order chi connectivity index (χ1) is 8.88. The highest BCUT2D eigenvalue weighted by Crippen LogP contribution is 2.29. The van der Waals surface area contributed by atoms with Crippen LogP contribution < -0.4 is 16.2 Å². The molecule has 106 valence electrons. The summed E-state index contributed by atoms with van der Waals surface area (Å²) in [4.78, 5) is -0.0617. The zero-order valence-corrected chi connectivity index (χ0v) is 11.4. The van der Waals surface area contributed by atoms with Crippen molar-refractivity contribution in [3.8, 4) is 0 Å². The highest BCUT2D eigenvalue weighted by molar-refractivity contribution is 7.89. The number of rotatable bonds is 3. The van der Waals surface area contributed by atoms with Gasteiger partial charge in [-0.2, -0.15) is 0 Å². The Morgan fingerprint density at radius 3 is 2.42 bits per heavy atom. The van der Waals surface area contributed by atoms with E-state index in [1.165, 1.54) is 6.07 Å². The van der Waals surface area contributed by atoms with E-state index < -0.39 is 10.0 Å². The van der Waals surface area contributed by atoms with E-state index in [1.807, 2.05) is 0 Å². The van der Waals surface area contributed by atoms with Crippen LogP contribution in [0.3, 0.4) is 0 Å². The molecular weight excluding hydrogens is 266 g/mol. The van der Waals surface area contributed by atoms with Crippen LogP contribution in [-0.4, -0.2) is 25.7 Å². The van der Waals surface area contributed by atoms with Crippen LogP contribution in [0.5, 0.6) is 0 Å². The van der Waals surface area contributed by atoms with E-state index in [0.717, 1.165) is 25.7 Å². The Labute approximate surface area is 112 Å². The number of primary sulfonamides is 1. The minimum absolute atomic E-state index is 0.0617. The standard InChI is InChI=1S/C12H19N3O3S/c13-12-10(2-1-3-11(12)19(14,17)18)15-8-4-6-9(16)7-5-8/h1-3,8-9,15-16H,4-7,13H2,(H2,14,17,18). The fourth-order valence-corrected chi connectivity index (χ4v) is 3.04. The number of nitrogens with two attached hydrogens (primary N) is 2. The van der Waals surface area contributed by atoms with E-state index >= 15 is 0 Å². The minimum Gasteiger partial charge on any atom is -0.396 e. The average Bonchev–Trinajstić information content (AvgIpc) is 2.33. The predicted molar refractivity (Wildman–Crippen MR) is 74.1 cm³/mol. The van der Waals surface area contributed by atoms with E-state index in [2.05, 4.69) is 5.32 Å². The first-order valence-corrected chi connectivity index (χ1v) is 7.78. The summed E-state index contributed by atoms with van der Waals surface area (Å²) in [5.41, 5.74) is 6.57. The van der Waals surface area contributed by atoms with Crippen molar-refractivity contribution in [2.45, 2.75) is 42.7 Å². The normalized spacial score (nSPS) is 24.1. The SMILES string of the molecule is Nc1c(NC2CCC(O)CC2)cccc1S(N)(=O)=O. The second kappa shape index (κ2) is 5.36. The van der Waals surface area contributed by atoms with Gasteiger partial charge >= 0.3 is 0 Å². The van der Waals surface area contributed by atoms with Crippen molar-refractivity contribution in [3.63, 3.8) is 0 Å². The first-order valence-electron chi connectivity index (χ1n) is 6.24. The molecule has 0 heterocycles. The largest absolute Gasteiger partial charge is 0.396 e. The molecule has 0 aliphatic heterocycles. The smallest absolute Gasteiger partial charge is 0.240 e. The van der Waals surface area contributed by atoms with Gasteiger partial charge in [-0.15, -0.1) is 0 Å². The van der Waals surface area contributed by atoms with E-state index in [-0.39, 0.29) is 22.7 Å².